The Labute approximate surface area is 156 Å². The number of aliphatic hydroxyl groups excluding tert-OH is 1. The van der Waals surface area contributed by atoms with Gasteiger partial charge in [-0.15, -0.1) is 0 Å². The molecular formula is C20H21ClFNO3. The average Bonchev–Trinajstić information content (AvgIpc) is 2.87. The molecule has 1 atom stereocenters. The van der Waals surface area contributed by atoms with Crippen LogP contribution in [0.4, 0.5) is 10.1 Å². The van der Waals surface area contributed by atoms with Crippen LogP contribution in [0.15, 0.2) is 36.4 Å². The molecule has 0 radical (unpaired) electrons. The van der Waals surface area contributed by atoms with Crippen LogP contribution in [0.2, 0.25) is 5.02 Å². The smallest absolute Gasteiger partial charge is 0.244 e. The molecule has 0 saturated carbocycles. The summed E-state index contributed by atoms with van der Waals surface area (Å²) in [5, 5.41) is 20.4. The van der Waals surface area contributed by atoms with E-state index in [9.17, 15) is 19.4 Å². The largest absolute Gasteiger partial charge is 0.508 e. The number of amides is 1. The van der Waals surface area contributed by atoms with Gasteiger partial charge in [-0.1, -0.05) is 49.6 Å². The Bertz CT molecular complexity index is 842. The first-order valence-electron chi connectivity index (χ1n) is 8.68. The molecule has 0 spiro atoms. The lowest BCUT2D eigenvalue weighted by Gasteiger charge is -2.28. The lowest BCUT2D eigenvalue weighted by Crippen LogP contribution is -2.44. The Morgan fingerprint density at radius 1 is 1.19 bits per heavy atom. The first-order valence-corrected chi connectivity index (χ1v) is 9.06. The Kier molecular flexibility index (Phi) is 5.21. The summed E-state index contributed by atoms with van der Waals surface area (Å²) in [7, 11) is 0. The van der Waals surface area contributed by atoms with Gasteiger partial charge in [-0.05, 0) is 24.1 Å². The minimum atomic E-state index is -1.50. The molecule has 2 aromatic carbocycles. The molecule has 1 unspecified atom stereocenters. The molecule has 0 bridgehead atoms. The van der Waals surface area contributed by atoms with Crippen molar-refractivity contribution in [1.29, 1.82) is 0 Å². The Hall–Kier alpha value is -2.11. The number of halogens is 2. The number of benzene rings is 2. The van der Waals surface area contributed by atoms with Crippen LogP contribution < -0.4 is 4.90 Å². The first-order chi connectivity index (χ1) is 12.5. The van der Waals surface area contributed by atoms with E-state index in [1.54, 1.807) is 17.0 Å². The summed E-state index contributed by atoms with van der Waals surface area (Å²) in [6.45, 7) is 2.04. The summed E-state index contributed by atoms with van der Waals surface area (Å²) in [4.78, 5) is 15.0. The summed E-state index contributed by atoms with van der Waals surface area (Å²) >= 11 is 5.90. The number of hydrogen-bond acceptors (Lipinski definition) is 3. The molecule has 26 heavy (non-hydrogen) atoms. The van der Waals surface area contributed by atoms with Gasteiger partial charge in [0.05, 0.1) is 11.6 Å². The highest BCUT2D eigenvalue weighted by Gasteiger charge is 2.53. The normalized spacial score (nSPS) is 19.1. The van der Waals surface area contributed by atoms with E-state index in [1.165, 1.54) is 6.07 Å². The summed E-state index contributed by atoms with van der Waals surface area (Å²) < 4.78 is 13.7. The first kappa shape index (κ1) is 18.7. The maximum absolute atomic E-state index is 13.7. The summed E-state index contributed by atoms with van der Waals surface area (Å²) in [5.74, 6) is -1.52. The van der Waals surface area contributed by atoms with Crippen LogP contribution in [0.3, 0.4) is 0 Å². The zero-order valence-corrected chi connectivity index (χ0v) is 15.3. The molecule has 1 amide bonds. The van der Waals surface area contributed by atoms with Gasteiger partial charge in [-0.2, -0.15) is 0 Å². The molecule has 138 valence electrons. The summed E-state index contributed by atoms with van der Waals surface area (Å²) in [6.07, 6.45) is 2.82. The van der Waals surface area contributed by atoms with Gasteiger partial charge in [0.25, 0.3) is 0 Å². The molecule has 1 aliphatic heterocycles. The van der Waals surface area contributed by atoms with Crippen molar-refractivity contribution in [2.24, 2.45) is 0 Å². The van der Waals surface area contributed by atoms with E-state index in [2.05, 4.69) is 6.92 Å². The number of nitrogens with zero attached hydrogens (tertiary/aromatic N) is 1. The number of phenols is 1. The summed E-state index contributed by atoms with van der Waals surface area (Å²) in [6, 6.07) is 9.27. The zero-order chi connectivity index (χ0) is 18.9. The number of aromatic hydroxyl groups is 1. The molecular weight excluding hydrogens is 357 g/mol. The van der Waals surface area contributed by atoms with Crippen LogP contribution in [-0.2, 0) is 10.2 Å². The molecule has 3 rings (SSSR count). The number of unbranched alkanes of at least 4 members (excludes halogenated alkanes) is 2. The summed E-state index contributed by atoms with van der Waals surface area (Å²) in [5.41, 5.74) is -0.101. The lowest BCUT2D eigenvalue weighted by atomic mass is 9.75. The number of phenolic OH excluding ortho intramolecular Hbond substituents is 1. The molecule has 0 saturated heterocycles. The third kappa shape index (κ3) is 2.75. The van der Waals surface area contributed by atoms with Crippen molar-refractivity contribution < 1.29 is 19.4 Å². The minimum Gasteiger partial charge on any atom is -0.508 e. The molecule has 1 heterocycles. The van der Waals surface area contributed by atoms with Gasteiger partial charge < -0.3 is 15.1 Å². The fourth-order valence-corrected chi connectivity index (χ4v) is 3.81. The maximum atomic E-state index is 13.7. The Morgan fingerprint density at radius 2 is 1.92 bits per heavy atom. The fraction of sp³-hybridized carbons (Fsp3) is 0.350. The molecule has 1 aliphatic rings. The van der Waals surface area contributed by atoms with Crippen LogP contribution in [0.1, 0.15) is 37.3 Å². The number of carbonyl (C=O) groups excluding carboxylic acids is 1. The monoisotopic (exact) mass is 377 g/mol. The van der Waals surface area contributed by atoms with E-state index >= 15 is 0 Å². The van der Waals surface area contributed by atoms with Crippen LogP contribution in [0.5, 0.6) is 5.75 Å². The molecule has 4 nitrogen and oxygen atoms in total. The topological polar surface area (TPSA) is 60.8 Å². The van der Waals surface area contributed by atoms with Gasteiger partial charge in [0.1, 0.15) is 17.0 Å². The number of aliphatic hydroxyl groups is 1. The van der Waals surface area contributed by atoms with E-state index in [1.807, 2.05) is 12.1 Å². The third-order valence-electron chi connectivity index (χ3n) is 4.99. The highest BCUT2D eigenvalue weighted by molar-refractivity contribution is 6.31. The maximum Gasteiger partial charge on any atom is 0.244 e. The predicted molar refractivity (Wildman–Crippen MR) is 99.3 cm³/mol. The molecule has 0 aromatic heterocycles. The van der Waals surface area contributed by atoms with Crippen molar-refractivity contribution in [2.45, 2.75) is 31.6 Å². The average molecular weight is 378 g/mol. The van der Waals surface area contributed by atoms with Crippen molar-refractivity contribution in [1.82, 2.24) is 0 Å². The van der Waals surface area contributed by atoms with Crippen LogP contribution in [0.25, 0.3) is 0 Å². The van der Waals surface area contributed by atoms with Gasteiger partial charge in [0.2, 0.25) is 5.91 Å². The molecule has 0 fully saturated rings. The van der Waals surface area contributed by atoms with Gasteiger partial charge >= 0.3 is 0 Å². The Morgan fingerprint density at radius 3 is 2.62 bits per heavy atom. The van der Waals surface area contributed by atoms with Crippen molar-refractivity contribution in [3.05, 3.63) is 58.4 Å². The molecule has 0 aliphatic carbocycles. The minimum absolute atomic E-state index is 0.113. The van der Waals surface area contributed by atoms with Gasteiger partial charge in [-0.3, -0.25) is 4.79 Å². The second-order valence-corrected chi connectivity index (χ2v) is 6.94. The molecule has 6 heteroatoms. The number of hydrogen-bond donors (Lipinski definition) is 2. The zero-order valence-electron chi connectivity index (χ0n) is 14.5. The highest BCUT2D eigenvalue weighted by atomic mass is 35.5. The standard InChI is InChI=1S/C20H21ClFNO3/c1-2-3-6-9-23-17-8-5-4-7-13(17)20(12-24,19(23)26)14-10-15(21)16(22)11-18(14)25/h4-5,7-8,10-11,24-25H,2-3,6,9,12H2,1H3. The Balaban J connectivity index is 2.18. The fourth-order valence-electron chi connectivity index (χ4n) is 3.64. The SMILES string of the molecule is CCCCCN1C(=O)C(CO)(c2cc(Cl)c(F)cc2O)c2ccccc21. The number of carbonyl (C=O) groups is 1. The van der Waals surface area contributed by atoms with Crippen molar-refractivity contribution in [3.8, 4) is 5.75 Å². The van der Waals surface area contributed by atoms with Gasteiger partial charge in [-0.25, -0.2) is 4.39 Å². The second-order valence-electron chi connectivity index (χ2n) is 6.53. The van der Waals surface area contributed by atoms with Crippen LogP contribution in [0, 0.1) is 5.82 Å². The molecule has 2 aromatic rings. The predicted octanol–water partition coefficient (Wildman–Crippen LogP) is 4.00. The van der Waals surface area contributed by atoms with Crippen LogP contribution >= 0.6 is 11.6 Å². The second kappa shape index (κ2) is 7.25. The van der Waals surface area contributed by atoms with Crippen molar-refractivity contribution in [2.75, 3.05) is 18.1 Å². The van der Waals surface area contributed by atoms with E-state index in [-0.39, 0.29) is 16.5 Å². The third-order valence-corrected chi connectivity index (χ3v) is 5.28. The lowest BCUT2D eigenvalue weighted by molar-refractivity contribution is -0.123. The van der Waals surface area contributed by atoms with Crippen LogP contribution in [-0.4, -0.2) is 29.3 Å². The van der Waals surface area contributed by atoms with Crippen molar-refractivity contribution in [3.63, 3.8) is 0 Å². The quantitative estimate of drug-likeness (QED) is 0.748. The number of anilines is 1. The number of rotatable bonds is 6. The number of para-hydroxylation sites is 1. The van der Waals surface area contributed by atoms with E-state index in [0.717, 1.165) is 25.3 Å². The van der Waals surface area contributed by atoms with Crippen molar-refractivity contribution >= 4 is 23.2 Å². The van der Waals surface area contributed by atoms with Gasteiger partial charge in [0.15, 0.2) is 0 Å². The van der Waals surface area contributed by atoms with E-state index in [0.29, 0.717) is 17.8 Å². The van der Waals surface area contributed by atoms with E-state index in [4.69, 9.17) is 11.6 Å². The molecule has 2 N–H and O–H groups in total. The van der Waals surface area contributed by atoms with Gasteiger partial charge in [0, 0.05) is 23.9 Å². The highest BCUT2D eigenvalue weighted by Crippen LogP contribution is 2.49. The van der Waals surface area contributed by atoms with E-state index < -0.39 is 23.6 Å². The number of fused-ring (bicyclic) bond motifs is 1.